The van der Waals surface area contributed by atoms with Crippen LogP contribution in [-0.4, -0.2) is 23.6 Å². The van der Waals surface area contributed by atoms with Crippen LogP contribution in [0.5, 0.6) is 0 Å². The van der Waals surface area contributed by atoms with Gasteiger partial charge in [0.1, 0.15) is 6.10 Å². The summed E-state index contributed by atoms with van der Waals surface area (Å²) in [6.07, 6.45) is -0.0567. The van der Waals surface area contributed by atoms with Crippen LogP contribution in [0.1, 0.15) is 44.1 Å². The second kappa shape index (κ2) is 6.67. The summed E-state index contributed by atoms with van der Waals surface area (Å²) in [7, 11) is 1.67. The fourth-order valence-corrected chi connectivity index (χ4v) is 1.53. The molecule has 1 rings (SSSR count). The molecule has 0 radical (unpaired) electrons. The van der Waals surface area contributed by atoms with Crippen molar-refractivity contribution in [3.8, 4) is 0 Å². The first-order chi connectivity index (χ1) is 8.02. The Morgan fingerprint density at radius 1 is 1.29 bits per heavy atom. The Kier molecular flexibility index (Phi) is 5.51. The molecule has 0 amide bonds. The van der Waals surface area contributed by atoms with Crippen molar-refractivity contribution >= 4 is 0 Å². The lowest BCUT2D eigenvalue weighted by Gasteiger charge is -2.12. The maximum absolute atomic E-state index is 5.24. The maximum atomic E-state index is 5.24. The fraction of sp³-hybridized carbons (Fsp3) is 0.692. The molecule has 1 aromatic heterocycles. The number of nitrogens with one attached hydrogen (secondary N) is 1. The smallest absolute Gasteiger partial charge is 0.157 e. The predicted octanol–water partition coefficient (Wildman–Crippen LogP) is 2.24. The lowest BCUT2D eigenvalue weighted by molar-refractivity contribution is 0.111. The van der Waals surface area contributed by atoms with Crippen LogP contribution in [0.4, 0.5) is 0 Å². The van der Waals surface area contributed by atoms with E-state index in [1.54, 1.807) is 7.11 Å². The van der Waals surface area contributed by atoms with E-state index in [4.69, 9.17) is 4.74 Å². The molecule has 0 bridgehead atoms. The third kappa shape index (κ3) is 4.79. The first kappa shape index (κ1) is 14.1. The van der Waals surface area contributed by atoms with E-state index in [1.165, 1.54) is 0 Å². The standard InChI is InChI=1S/C13H23N3O/c1-9(2)7-14-8-12-6-10(3)15-13(16-12)11(4)17-5/h6,9,11,14H,7-8H2,1-5H3. The van der Waals surface area contributed by atoms with Crippen LogP contribution >= 0.6 is 0 Å². The molecular formula is C13H23N3O. The van der Waals surface area contributed by atoms with Gasteiger partial charge in [0, 0.05) is 19.3 Å². The molecule has 1 unspecified atom stereocenters. The van der Waals surface area contributed by atoms with Gasteiger partial charge in [0.05, 0.1) is 5.69 Å². The largest absolute Gasteiger partial charge is 0.374 e. The molecular weight excluding hydrogens is 214 g/mol. The molecule has 96 valence electrons. The van der Waals surface area contributed by atoms with Crippen LogP contribution in [0.2, 0.25) is 0 Å². The Hall–Kier alpha value is -1.00. The third-order valence-corrected chi connectivity index (χ3v) is 2.50. The summed E-state index contributed by atoms with van der Waals surface area (Å²) in [6.45, 7) is 10.1. The van der Waals surface area contributed by atoms with E-state index in [0.717, 1.165) is 30.3 Å². The monoisotopic (exact) mass is 237 g/mol. The second-order valence-corrected chi connectivity index (χ2v) is 4.76. The van der Waals surface area contributed by atoms with Crippen molar-refractivity contribution in [2.24, 2.45) is 5.92 Å². The quantitative estimate of drug-likeness (QED) is 0.824. The minimum absolute atomic E-state index is 0.0567. The fourth-order valence-electron chi connectivity index (χ4n) is 1.53. The average molecular weight is 237 g/mol. The van der Waals surface area contributed by atoms with Gasteiger partial charge in [-0.05, 0) is 32.4 Å². The SMILES string of the molecule is COC(C)c1nc(C)cc(CNCC(C)C)n1. The van der Waals surface area contributed by atoms with Crippen molar-refractivity contribution in [3.63, 3.8) is 0 Å². The molecule has 1 N–H and O–H groups in total. The zero-order chi connectivity index (χ0) is 12.8. The number of methoxy groups -OCH3 is 1. The summed E-state index contributed by atoms with van der Waals surface area (Å²) in [5.74, 6) is 1.41. The van der Waals surface area contributed by atoms with Crippen LogP contribution in [0, 0.1) is 12.8 Å². The summed E-state index contributed by atoms with van der Waals surface area (Å²) < 4.78 is 5.24. The van der Waals surface area contributed by atoms with Crippen LogP contribution in [0.15, 0.2) is 6.07 Å². The summed E-state index contributed by atoms with van der Waals surface area (Å²) in [5, 5.41) is 3.38. The summed E-state index contributed by atoms with van der Waals surface area (Å²) in [6, 6.07) is 2.01. The minimum atomic E-state index is -0.0567. The normalized spacial score (nSPS) is 13.1. The molecule has 0 aromatic carbocycles. The lowest BCUT2D eigenvalue weighted by atomic mass is 10.2. The Morgan fingerprint density at radius 3 is 2.59 bits per heavy atom. The molecule has 1 atom stereocenters. The van der Waals surface area contributed by atoms with Crippen LogP contribution in [0.3, 0.4) is 0 Å². The van der Waals surface area contributed by atoms with Crippen molar-refractivity contribution in [2.75, 3.05) is 13.7 Å². The minimum Gasteiger partial charge on any atom is -0.374 e. The summed E-state index contributed by atoms with van der Waals surface area (Å²) in [5.41, 5.74) is 2.01. The van der Waals surface area contributed by atoms with E-state index >= 15 is 0 Å². The van der Waals surface area contributed by atoms with Gasteiger partial charge in [0.2, 0.25) is 0 Å². The zero-order valence-corrected chi connectivity index (χ0v) is 11.4. The molecule has 4 heteroatoms. The van der Waals surface area contributed by atoms with Gasteiger partial charge in [0.25, 0.3) is 0 Å². The van der Waals surface area contributed by atoms with Gasteiger partial charge < -0.3 is 10.1 Å². The van der Waals surface area contributed by atoms with Crippen molar-refractivity contribution < 1.29 is 4.74 Å². The van der Waals surface area contributed by atoms with Gasteiger partial charge >= 0.3 is 0 Å². The van der Waals surface area contributed by atoms with E-state index in [0.29, 0.717) is 5.92 Å². The number of hydrogen-bond acceptors (Lipinski definition) is 4. The van der Waals surface area contributed by atoms with Gasteiger partial charge in [-0.3, -0.25) is 0 Å². The number of ether oxygens (including phenoxy) is 1. The predicted molar refractivity (Wildman–Crippen MR) is 68.7 cm³/mol. The van der Waals surface area contributed by atoms with E-state index in [1.807, 2.05) is 19.9 Å². The topological polar surface area (TPSA) is 47.0 Å². The molecule has 1 heterocycles. The number of rotatable bonds is 6. The maximum Gasteiger partial charge on any atom is 0.157 e. The average Bonchev–Trinajstić information content (AvgIpc) is 2.26. The molecule has 0 fully saturated rings. The molecule has 4 nitrogen and oxygen atoms in total. The van der Waals surface area contributed by atoms with E-state index < -0.39 is 0 Å². The zero-order valence-electron chi connectivity index (χ0n) is 11.4. The van der Waals surface area contributed by atoms with Crippen molar-refractivity contribution in [1.82, 2.24) is 15.3 Å². The Morgan fingerprint density at radius 2 is 2.00 bits per heavy atom. The van der Waals surface area contributed by atoms with Crippen LogP contribution in [0.25, 0.3) is 0 Å². The van der Waals surface area contributed by atoms with Gasteiger partial charge in [-0.25, -0.2) is 9.97 Å². The number of nitrogens with zero attached hydrogens (tertiary/aromatic N) is 2. The molecule has 0 spiro atoms. The van der Waals surface area contributed by atoms with E-state index in [9.17, 15) is 0 Å². The van der Waals surface area contributed by atoms with Gasteiger partial charge in [-0.2, -0.15) is 0 Å². The summed E-state index contributed by atoms with van der Waals surface area (Å²) in [4.78, 5) is 8.89. The summed E-state index contributed by atoms with van der Waals surface area (Å²) >= 11 is 0. The molecule has 0 aliphatic carbocycles. The van der Waals surface area contributed by atoms with Crippen molar-refractivity contribution in [1.29, 1.82) is 0 Å². The Labute approximate surface area is 104 Å². The van der Waals surface area contributed by atoms with Gasteiger partial charge in [-0.1, -0.05) is 13.8 Å². The molecule has 0 saturated carbocycles. The first-order valence-corrected chi connectivity index (χ1v) is 6.11. The highest BCUT2D eigenvalue weighted by molar-refractivity contribution is 5.11. The number of aryl methyl sites for hydroxylation is 1. The molecule has 0 aliphatic rings. The van der Waals surface area contributed by atoms with E-state index in [-0.39, 0.29) is 6.10 Å². The Balaban J connectivity index is 2.69. The highest BCUT2D eigenvalue weighted by atomic mass is 16.5. The highest BCUT2D eigenvalue weighted by Crippen LogP contribution is 2.12. The second-order valence-electron chi connectivity index (χ2n) is 4.76. The van der Waals surface area contributed by atoms with Gasteiger partial charge in [-0.15, -0.1) is 0 Å². The molecule has 0 aliphatic heterocycles. The van der Waals surface area contributed by atoms with Crippen LogP contribution in [-0.2, 0) is 11.3 Å². The van der Waals surface area contributed by atoms with Gasteiger partial charge in [0.15, 0.2) is 5.82 Å². The molecule has 0 saturated heterocycles. The highest BCUT2D eigenvalue weighted by Gasteiger charge is 2.09. The lowest BCUT2D eigenvalue weighted by Crippen LogP contribution is -2.20. The Bertz CT molecular complexity index is 353. The van der Waals surface area contributed by atoms with Crippen LogP contribution < -0.4 is 5.32 Å². The van der Waals surface area contributed by atoms with Crippen molar-refractivity contribution in [2.45, 2.75) is 40.3 Å². The molecule has 17 heavy (non-hydrogen) atoms. The first-order valence-electron chi connectivity index (χ1n) is 6.11. The number of hydrogen-bond donors (Lipinski definition) is 1. The molecule has 1 aromatic rings. The van der Waals surface area contributed by atoms with E-state index in [2.05, 4.69) is 29.1 Å². The third-order valence-electron chi connectivity index (χ3n) is 2.50. The number of aromatic nitrogens is 2. The van der Waals surface area contributed by atoms with Crippen molar-refractivity contribution in [3.05, 3.63) is 23.3 Å².